The minimum absolute atomic E-state index is 0.0145. The Kier molecular flexibility index (Phi) is 7.48. The van der Waals surface area contributed by atoms with Crippen LogP contribution < -0.4 is 0 Å². The van der Waals surface area contributed by atoms with E-state index in [1.807, 2.05) is 36.4 Å². The lowest BCUT2D eigenvalue weighted by Crippen LogP contribution is -2.14. The molecule has 0 amide bonds. The van der Waals surface area contributed by atoms with E-state index < -0.39 is 0 Å². The van der Waals surface area contributed by atoms with Crippen LogP contribution in [0.2, 0.25) is 0 Å². The van der Waals surface area contributed by atoms with Gasteiger partial charge in [0.15, 0.2) is 17.5 Å². The molecule has 9 rings (SSSR count). The van der Waals surface area contributed by atoms with Gasteiger partial charge in [0.1, 0.15) is 0 Å². The van der Waals surface area contributed by atoms with Gasteiger partial charge < -0.3 is 0 Å². The summed E-state index contributed by atoms with van der Waals surface area (Å²) in [5.41, 5.74) is 15.4. The van der Waals surface area contributed by atoms with E-state index in [9.17, 15) is 0 Å². The second-order valence-corrected chi connectivity index (χ2v) is 13.7. The molecule has 0 N–H and O–H groups in total. The zero-order valence-corrected chi connectivity index (χ0v) is 28.6. The first-order chi connectivity index (χ1) is 25.0. The molecule has 0 spiro atoms. The topological polar surface area (TPSA) is 38.7 Å². The first kappa shape index (κ1) is 30.6. The number of fused-ring (bicyclic) bond motifs is 3. The molecule has 1 aromatic heterocycles. The van der Waals surface area contributed by atoms with Crippen LogP contribution in [0, 0.1) is 0 Å². The zero-order valence-electron chi connectivity index (χ0n) is 28.6. The Morgan fingerprint density at radius 2 is 0.627 bits per heavy atom. The average Bonchev–Trinajstić information content (AvgIpc) is 3.44. The fourth-order valence-electron chi connectivity index (χ4n) is 7.36. The second-order valence-electron chi connectivity index (χ2n) is 13.7. The Hall–Kier alpha value is -6.45. The molecular weight excluding hydrogens is 619 g/mol. The lowest BCUT2D eigenvalue weighted by molar-refractivity contribution is 0.660. The van der Waals surface area contributed by atoms with Crippen LogP contribution in [0.25, 0.3) is 78.7 Å². The highest BCUT2D eigenvalue weighted by molar-refractivity contribution is 5.85. The standard InChI is InChI=1S/C48H35N3/c1-48(2)43-16-10-9-15-41(43)42-31-40(29-30-44(42)48)36-19-17-34(18-20-36)35-23-27-39(28-24-35)47-50-45(37-13-7-4-8-14-37)49-46(51-47)38-25-21-33(22-26-38)32-11-5-3-6-12-32/h3-31H,1-2H3. The molecular formula is C48H35N3. The van der Waals surface area contributed by atoms with Gasteiger partial charge in [-0.15, -0.1) is 0 Å². The lowest BCUT2D eigenvalue weighted by atomic mass is 9.82. The Labute approximate surface area is 299 Å². The molecule has 1 aliphatic rings. The Morgan fingerprint density at radius 1 is 0.294 bits per heavy atom. The highest BCUT2D eigenvalue weighted by Crippen LogP contribution is 2.49. The van der Waals surface area contributed by atoms with E-state index in [0.717, 1.165) is 33.4 Å². The maximum Gasteiger partial charge on any atom is 0.164 e. The van der Waals surface area contributed by atoms with Crippen LogP contribution in [0.5, 0.6) is 0 Å². The molecule has 1 heterocycles. The Balaban J connectivity index is 1.01. The van der Waals surface area contributed by atoms with Gasteiger partial charge in [-0.2, -0.15) is 0 Å². The average molecular weight is 654 g/mol. The molecule has 3 nitrogen and oxygen atoms in total. The molecule has 0 saturated heterocycles. The number of nitrogens with zero attached hydrogens (tertiary/aromatic N) is 3. The third-order valence-electron chi connectivity index (χ3n) is 10.2. The van der Waals surface area contributed by atoms with Crippen LogP contribution in [0.4, 0.5) is 0 Å². The summed E-state index contributed by atoms with van der Waals surface area (Å²) >= 11 is 0. The van der Waals surface area contributed by atoms with E-state index in [1.165, 1.54) is 38.9 Å². The smallest absolute Gasteiger partial charge is 0.164 e. The van der Waals surface area contributed by atoms with Gasteiger partial charge in [0.2, 0.25) is 0 Å². The van der Waals surface area contributed by atoms with Gasteiger partial charge in [-0.1, -0.05) is 184 Å². The monoisotopic (exact) mass is 653 g/mol. The van der Waals surface area contributed by atoms with Crippen molar-refractivity contribution >= 4 is 0 Å². The highest BCUT2D eigenvalue weighted by atomic mass is 15.0. The van der Waals surface area contributed by atoms with Crippen molar-refractivity contribution in [1.29, 1.82) is 0 Å². The summed E-state index contributed by atoms with van der Waals surface area (Å²) in [6.07, 6.45) is 0. The number of rotatable bonds is 6. The molecule has 1 aliphatic carbocycles. The highest BCUT2D eigenvalue weighted by Gasteiger charge is 2.35. The van der Waals surface area contributed by atoms with E-state index in [4.69, 9.17) is 15.0 Å². The van der Waals surface area contributed by atoms with Gasteiger partial charge in [0, 0.05) is 22.1 Å². The summed E-state index contributed by atoms with van der Waals surface area (Å²) < 4.78 is 0. The minimum Gasteiger partial charge on any atom is -0.208 e. The molecule has 0 atom stereocenters. The molecule has 0 aliphatic heterocycles. The summed E-state index contributed by atoms with van der Waals surface area (Å²) in [5, 5.41) is 0. The number of aromatic nitrogens is 3. The lowest BCUT2D eigenvalue weighted by Gasteiger charge is -2.21. The molecule has 0 radical (unpaired) electrons. The van der Waals surface area contributed by atoms with Crippen LogP contribution >= 0.6 is 0 Å². The van der Waals surface area contributed by atoms with Gasteiger partial charge in [0.05, 0.1) is 0 Å². The molecule has 0 saturated carbocycles. The summed E-state index contributed by atoms with van der Waals surface area (Å²) in [6.45, 7) is 4.65. The van der Waals surface area contributed by atoms with Gasteiger partial charge in [-0.25, -0.2) is 15.0 Å². The molecule has 0 fully saturated rings. The molecule has 0 unspecified atom stereocenters. The zero-order chi connectivity index (χ0) is 34.4. The van der Waals surface area contributed by atoms with Crippen molar-refractivity contribution in [2.75, 3.05) is 0 Å². The van der Waals surface area contributed by atoms with E-state index in [0.29, 0.717) is 17.5 Å². The maximum absolute atomic E-state index is 4.97. The van der Waals surface area contributed by atoms with Gasteiger partial charge in [-0.3, -0.25) is 0 Å². The summed E-state index contributed by atoms with van der Waals surface area (Å²) in [5.74, 6) is 1.95. The first-order valence-electron chi connectivity index (χ1n) is 17.4. The van der Waals surface area contributed by atoms with Crippen molar-refractivity contribution in [3.05, 3.63) is 187 Å². The molecule has 3 heteroatoms. The van der Waals surface area contributed by atoms with Crippen molar-refractivity contribution in [2.45, 2.75) is 19.3 Å². The molecule has 7 aromatic carbocycles. The van der Waals surface area contributed by atoms with E-state index in [1.54, 1.807) is 0 Å². The maximum atomic E-state index is 4.97. The van der Waals surface area contributed by atoms with Crippen molar-refractivity contribution in [3.8, 4) is 78.7 Å². The second kappa shape index (κ2) is 12.5. The SMILES string of the molecule is CC1(C)c2ccccc2-c2cc(-c3ccc(-c4ccc(-c5nc(-c6ccccc6)nc(-c6ccc(-c7ccccc7)cc6)n5)cc4)cc3)ccc21. The number of benzene rings is 7. The van der Waals surface area contributed by atoms with Crippen LogP contribution in [-0.4, -0.2) is 15.0 Å². The fraction of sp³-hybridized carbons (Fsp3) is 0.0625. The molecule has 242 valence electrons. The third kappa shape index (κ3) is 5.63. The van der Waals surface area contributed by atoms with Crippen LogP contribution in [0.1, 0.15) is 25.0 Å². The quantitative estimate of drug-likeness (QED) is 0.179. The predicted molar refractivity (Wildman–Crippen MR) is 210 cm³/mol. The van der Waals surface area contributed by atoms with Crippen molar-refractivity contribution < 1.29 is 0 Å². The van der Waals surface area contributed by atoms with Crippen LogP contribution in [0.3, 0.4) is 0 Å². The number of hydrogen-bond donors (Lipinski definition) is 0. The fourth-order valence-corrected chi connectivity index (χ4v) is 7.36. The number of hydrogen-bond acceptors (Lipinski definition) is 3. The van der Waals surface area contributed by atoms with Gasteiger partial charge in [0.25, 0.3) is 0 Å². The van der Waals surface area contributed by atoms with Crippen molar-refractivity contribution in [1.82, 2.24) is 15.0 Å². The largest absolute Gasteiger partial charge is 0.208 e. The first-order valence-corrected chi connectivity index (χ1v) is 17.4. The van der Waals surface area contributed by atoms with E-state index in [-0.39, 0.29) is 5.41 Å². The summed E-state index contributed by atoms with van der Waals surface area (Å²) in [7, 11) is 0. The Morgan fingerprint density at radius 3 is 1.14 bits per heavy atom. The van der Waals surface area contributed by atoms with Crippen molar-refractivity contribution in [2.24, 2.45) is 0 Å². The molecule has 8 aromatic rings. The van der Waals surface area contributed by atoms with E-state index in [2.05, 4.69) is 153 Å². The minimum atomic E-state index is 0.0145. The summed E-state index contributed by atoms with van der Waals surface area (Å²) in [6, 6.07) is 62.1. The van der Waals surface area contributed by atoms with E-state index >= 15 is 0 Å². The Bertz CT molecular complexity index is 2500. The van der Waals surface area contributed by atoms with Crippen LogP contribution in [-0.2, 0) is 5.41 Å². The molecule has 0 bridgehead atoms. The van der Waals surface area contributed by atoms with Gasteiger partial charge in [-0.05, 0) is 61.7 Å². The summed E-state index contributed by atoms with van der Waals surface area (Å²) in [4.78, 5) is 14.8. The third-order valence-corrected chi connectivity index (χ3v) is 10.2. The van der Waals surface area contributed by atoms with Crippen LogP contribution in [0.15, 0.2) is 176 Å². The van der Waals surface area contributed by atoms with Crippen molar-refractivity contribution in [3.63, 3.8) is 0 Å². The molecule has 51 heavy (non-hydrogen) atoms. The normalized spacial score (nSPS) is 12.7. The predicted octanol–water partition coefficient (Wildman–Crippen LogP) is 12.2. The van der Waals surface area contributed by atoms with Gasteiger partial charge >= 0.3 is 0 Å².